The van der Waals surface area contributed by atoms with Crippen molar-refractivity contribution in [1.82, 2.24) is 10.3 Å². The zero-order chi connectivity index (χ0) is 11.5. The largest absolute Gasteiger partial charge is 0.313 e. The van der Waals surface area contributed by atoms with E-state index in [1.807, 2.05) is 12.6 Å². The smallest absolute Gasteiger partial charge is 0.0801 e. The van der Waals surface area contributed by atoms with Crippen LogP contribution in [0.1, 0.15) is 24.2 Å². The molecule has 0 aliphatic carbocycles. The third kappa shape index (κ3) is 2.15. The Balaban J connectivity index is 2.30. The minimum absolute atomic E-state index is 0.400. The zero-order valence-electron chi connectivity index (χ0n) is 9.82. The summed E-state index contributed by atoms with van der Waals surface area (Å²) in [6, 6.07) is 9.09. The second-order valence-corrected chi connectivity index (χ2v) is 4.75. The molecule has 0 spiro atoms. The van der Waals surface area contributed by atoms with E-state index < -0.39 is 0 Å². The van der Waals surface area contributed by atoms with Crippen molar-refractivity contribution in [1.29, 1.82) is 0 Å². The van der Waals surface area contributed by atoms with Crippen molar-refractivity contribution in [3.63, 3.8) is 0 Å². The molecule has 2 rings (SSSR count). The number of nitrogens with zero attached hydrogens (tertiary/aromatic N) is 1. The molecule has 0 aliphatic rings. The number of nitrogens with one attached hydrogen (secondary N) is 1. The average Bonchev–Trinajstić information content (AvgIpc) is 2.75. The lowest BCUT2D eigenvalue weighted by Gasteiger charge is -2.10. The molecule has 1 unspecified atom stereocenters. The molecule has 0 saturated carbocycles. The lowest BCUT2D eigenvalue weighted by Crippen LogP contribution is -2.11. The Morgan fingerprint density at radius 1 is 1.25 bits per heavy atom. The molecule has 1 N–H and O–H groups in total. The van der Waals surface area contributed by atoms with E-state index in [1.54, 1.807) is 11.3 Å². The summed E-state index contributed by atoms with van der Waals surface area (Å²) >= 11 is 1.70. The fourth-order valence-electron chi connectivity index (χ4n) is 1.67. The molecule has 0 aliphatic heterocycles. The van der Waals surface area contributed by atoms with Gasteiger partial charge in [-0.25, -0.2) is 4.98 Å². The predicted octanol–water partition coefficient (Wildman–Crippen LogP) is 3.40. The third-order valence-electron chi connectivity index (χ3n) is 2.85. The van der Waals surface area contributed by atoms with Gasteiger partial charge in [-0.3, -0.25) is 0 Å². The van der Waals surface area contributed by atoms with E-state index in [2.05, 4.69) is 48.4 Å². The number of benzene rings is 1. The van der Waals surface area contributed by atoms with Crippen LogP contribution in [0.3, 0.4) is 0 Å². The molecule has 1 aromatic heterocycles. The maximum atomic E-state index is 4.27. The van der Waals surface area contributed by atoms with E-state index in [0.29, 0.717) is 6.04 Å². The highest BCUT2D eigenvalue weighted by molar-refractivity contribution is 7.13. The van der Waals surface area contributed by atoms with Crippen LogP contribution in [-0.4, -0.2) is 12.0 Å². The second kappa shape index (κ2) is 4.76. The highest BCUT2D eigenvalue weighted by Gasteiger charge is 2.06. The van der Waals surface area contributed by atoms with E-state index in [4.69, 9.17) is 0 Å². The van der Waals surface area contributed by atoms with Crippen molar-refractivity contribution in [2.24, 2.45) is 0 Å². The molecule has 0 bridgehead atoms. The van der Waals surface area contributed by atoms with Crippen LogP contribution < -0.4 is 5.32 Å². The minimum atomic E-state index is 0.400. The van der Waals surface area contributed by atoms with Gasteiger partial charge in [0.15, 0.2) is 0 Å². The lowest BCUT2D eigenvalue weighted by atomic mass is 10.1. The van der Waals surface area contributed by atoms with Crippen molar-refractivity contribution >= 4 is 11.3 Å². The van der Waals surface area contributed by atoms with Crippen LogP contribution in [-0.2, 0) is 0 Å². The normalized spacial score (nSPS) is 12.7. The highest BCUT2D eigenvalue weighted by Crippen LogP contribution is 2.27. The van der Waals surface area contributed by atoms with Gasteiger partial charge in [-0.15, -0.1) is 11.3 Å². The Morgan fingerprint density at radius 2 is 1.94 bits per heavy atom. The van der Waals surface area contributed by atoms with Gasteiger partial charge in [0.2, 0.25) is 0 Å². The van der Waals surface area contributed by atoms with Gasteiger partial charge < -0.3 is 5.32 Å². The van der Waals surface area contributed by atoms with Crippen molar-refractivity contribution < 1.29 is 0 Å². The Morgan fingerprint density at radius 3 is 2.44 bits per heavy atom. The Labute approximate surface area is 100 Å². The van der Waals surface area contributed by atoms with Crippen LogP contribution in [0.2, 0.25) is 0 Å². The molecule has 2 nitrogen and oxygen atoms in total. The SMILES string of the molecule is CNC(C)c1ccc(-c2scnc2C)cc1. The van der Waals surface area contributed by atoms with Crippen LogP contribution in [0.25, 0.3) is 10.4 Å². The van der Waals surface area contributed by atoms with Gasteiger partial charge in [0, 0.05) is 6.04 Å². The van der Waals surface area contributed by atoms with E-state index in [9.17, 15) is 0 Å². The van der Waals surface area contributed by atoms with Crippen molar-refractivity contribution in [3.05, 3.63) is 41.0 Å². The Kier molecular flexibility index (Phi) is 3.36. The Bertz CT molecular complexity index is 459. The number of hydrogen-bond acceptors (Lipinski definition) is 3. The van der Waals surface area contributed by atoms with E-state index in [0.717, 1.165) is 5.69 Å². The summed E-state index contributed by atoms with van der Waals surface area (Å²) in [5, 5.41) is 3.24. The number of thiazole rings is 1. The fraction of sp³-hybridized carbons (Fsp3) is 0.308. The number of aromatic nitrogens is 1. The van der Waals surface area contributed by atoms with E-state index in [1.165, 1.54) is 16.0 Å². The summed E-state index contributed by atoms with van der Waals surface area (Å²) in [4.78, 5) is 5.54. The highest BCUT2D eigenvalue weighted by atomic mass is 32.1. The molecule has 3 heteroatoms. The van der Waals surface area contributed by atoms with Crippen molar-refractivity contribution in [2.75, 3.05) is 7.05 Å². The summed E-state index contributed by atoms with van der Waals surface area (Å²) < 4.78 is 0. The second-order valence-electron chi connectivity index (χ2n) is 3.90. The molecule has 1 aromatic carbocycles. The van der Waals surface area contributed by atoms with Crippen LogP contribution in [0.15, 0.2) is 29.8 Å². The van der Waals surface area contributed by atoms with Gasteiger partial charge in [0.05, 0.1) is 16.1 Å². The summed E-state index contributed by atoms with van der Waals surface area (Å²) in [5.74, 6) is 0. The monoisotopic (exact) mass is 232 g/mol. The molecule has 1 heterocycles. The average molecular weight is 232 g/mol. The number of hydrogen-bond donors (Lipinski definition) is 1. The summed E-state index contributed by atoms with van der Waals surface area (Å²) in [6.45, 7) is 4.21. The van der Waals surface area contributed by atoms with Crippen LogP contribution in [0.4, 0.5) is 0 Å². The van der Waals surface area contributed by atoms with Crippen molar-refractivity contribution in [3.8, 4) is 10.4 Å². The lowest BCUT2D eigenvalue weighted by molar-refractivity contribution is 0.652. The molecular weight excluding hydrogens is 216 g/mol. The molecule has 16 heavy (non-hydrogen) atoms. The topological polar surface area (TPSA) is 24.9 Å². The number of aryl methyl sites for hydroxylation is 1. The third-order valence-corrected chi connectivity index (χ3v) is 3.83. The standard InChI is InChI=1S/C13H16N2S/c1-9(14-3)11-4-6-12(7-5-11)13-10(2)15-8-16-13/h4-9,14H,1-3H3. The van der Waals surface area contributed by atoms with Gasteiger partial charge in [0.25, 0.3) is 0 Å². The van der Waals surface area contributed by atoms with Gasteiger partial charge in [-0.05, 0) is 32.0 Å². The maximum Gasteiger partial charge on any atom is 0.0801 e. The van der Waals surface area contributed by atoms with Gasteiger partial charge in [0.1, 0.15) is 0 Å². The summed E-state index contributed by atoms with van der Waals surface area (Å²) in [7, 11) is 1.98. The minimum Gasteiger partial charge on any atom is -0.313 e. The molecule has 0 amide bonds. The summed E-state index contributed by atoms with van der Waals surface area (Å²) in [5.41, 5.74) is 5.58. The number of rotatable bonds is 3. The molecule has 2 aromatic rings. The van der Waals surface area contributed by atoms with E-state index >= 15 is 0 Å². The Hall–Kier alpha value is -1.19. The van der Waals surface area contributed by atoms with Gasteiger partial charge >= 0.3 is 0 Å². The molecule has 1 atom stereocenters. The summed E-state index contributed by atoms with van der Waals surface area (Å²) in [6.07, 6.45) is 0. The van der Waals surface area contributed by atoms with Crippen molar-refractivity contribution in [2.45, 2.75) is 19.9 Å². The molecule has 0 fully saturated rings. The molecular formula is C13H16N2S. The predicted molar refractivity (Wildman–Crippen MR) is 69.8 cm³/mol. The first-order chi connectivity index (χ1) is 7.72. The van der Waals surface area contributed by atoms with Gasteiger partial charge in [-0.2, -0.15) is 0 Å². The molecule has 84 valence electrons. The van der Waals surface area contributed by atoms with Gasteiger partial charge in [-0.1, -0.05) is 24.3 Å². The first-order valence-corrected chi connectivity index (χ1v) is 6.28. The van der Waals surface area contributed by atoms with E-state index in [-0.39, 0.29) is 0 Å². The first-order valence-electron chi connectivity index (χ1n) is 5.40. The molecule has 0 radical (unpaired) electrons. The zero-order valence-corrected chi connectivity index (χ0v) is 10.6. The quantitative estimate of drug-likeness (QED) is 0.877. The van der Waals surface area contributed by atoms with Crippen LogP contribution >= 0.6 is 11.3 Å². The van der Waals surface area contributed by atoms with Crippen LogP contribution in [0, 0.1) is 6.92 Å². The maximum absolute atomic E-state index is 4.27. The first kappa shape index (κ1) is 11.3. The fourth-order valence-corrected chi connectivity index (χ4v) is 2.48. The molecule has 0 saturated heterocycles. The van der Waals surface area contributed by atoms with Crippen LogP contribution in [0.5, 0.6) is 0 Å².